The number of hydrogen-bond acceptors (Lipinski definition) is 7. The van der Waals surface area contributed by atoms with Crippen LogP contribution >= 0.6 is 0 Å². The Morgan fingerprint density at radius 3 is 2.51 bits per heavy atom. The number of hydrogen-bond donors (Lipinski definition) is 1. The Labute approximate surface area is 216 Å². The minimum atomic E-state index is -0.650. The number of carbonyl (C=O) groups excluding carboxylic acids is 2. The molecule has 37 heavy (non-hydrogen) atoms. The number of ether oxygens (including phenoxy) is 2. The molecule has 196 valence electrons. The summed E-state index contributed by atoms with van der Waals surface area (Å²) in [7, 11) is 3.12. The normalized spacial score (nSPS) is 14.3. The first-order chi connectivity index (χ1) is 17.9. The maximum Gasteiger partial charge on any atom is 0.251 e. The summed E-state index contributed by atoms with van der Waals surface area (Å²) in [5, 5.41) is 15.8. The number of rotatable bonds is 10. The van der Waals surface area contributed by atoms with Gasteiger partial charge in [0.15, 0.2) is 11.5 Å². The SMILES string of the molecule is CCC(C(=O)NC1CCCC1)N(C(=O)Cn1nnc(-c2ccc(OC)c(OC)c2)n1)c1ccccc1C. The summed E-state index contributed by atoms with van der Waals surface area (Å²) >= 11 is 0. The Balaban J connectivity index is 1.58. The summed E-state index contributed by atoms with van der Waals surface area (Å²) in [6.07, 6.45) is 4.65. The molecule has 1 atom stereocenters. The van der Waals surface area contributed by atoms with Crippen LogP contribution < -0.4 is 19.7 Å². The maximum absolute atomic E-state index is 13.7. The Hall–Kier alpha value is -3.95. The molecule has 0 saturated heterocycles. The monoisotopic (exact) mass is 506 g/mol. The van der Waals surface area contributed by atoms with Crippen molar-refractivity contribution in [3.05, 3.63) is 48.0 Å². The van der Waals surface area contributed by atoms with E-state index in [0.717, 1.165) is 31.2 Å². The molecule has 1 heterocycles. The van der Waals surface area contributed by atoms with Crippen molar-refractivity contribution in [2.24, 2.45) is 0 Å². The molecule has 1 aliphatic rings. The van der Waals surface area contributed by atoms with Crippen molar-refractivity contribution in [2.75, 3.05) is 19.1 Å². The van der Waals surface area contributed by atoms with Crippen LogP contribution in [0.25, 0.3) is 11.4 Å². The molecule has 0 bridgehead atoms. The highest BCUT2D eigenvalue weighted by Crippen LogP contribution is 2.31. The second-order valence-electron chi connectivity index (χ2n) is 9.18. The molecule has 1 aromatic heterocycles. The predicted octanol–water partition coefficient (Wildman–Crippen LogP) is 3.54. The number of carbonyl (C=O) groups is 2. The molecule has 3 aromatic rings. The Morgan fingerprint density at radius 1 is 1.11 bits per heavy atom. The van der Waals surface area contributed by atoms with Crippen LogP contribution in [0, 0.1) is 6.92 Å². The van der Waals surface area contributed by atoms with Gasteiger partial charge in [0.05, 0.1) is 14.2 Å². The van der Waals surface area contributed by atoms with E-state index in [1.54, 1.807) is 37.3 Å². The van der Waals surface area contributed by atoms with Gasteiger partial charge < -0.3 is 14.8 Å². The molecule has 1 unspecified atom stereocenters. The van der Waals surface area contributed by atoms with Gasteiger partial charge in [0.25, 0.3) is 5.91 Å². The molecular weight excluding hydrogens is 472 g/mol. The summed E-state index contributed by atoms with van der Waals surface area (Å²) in [5.74, 6) is 1.05. The fourth-order valence-corrected chi connectivity index (χ4v) is 4.76. The van der Waals surface area contributed by atoms with E-state index in [1.165, 1.54) is 4.80 Å². The second kappa shape index (κ2) is 11.9. The van der Waals surface area contributed by atoms with E-state index in [1.807, 2.05) is 38.1 Å². The molecule has 0 spiro atoms. The van der Waals surface area contributed by atoms with Gasteiger partial charge in [0, 0.05) is 17.3 Å². The Kier molecular flexibility index (Phi) is 8.37. The zero-order valence-corrected chi connectivity index (χ0v) is 21.8. The minimum absolute atomic E-state index is 0.136. The zero-order valence-electron chi connectivity index (χ0n) is 21.8. The van der Waals surface area contributed by atoms with Crippen molar-refractivity contribution in [1.29, 1.82) is 0 Å². The van der Waals surface area contributed by atoms with Gasteiger partial charge in [-0.05, 0) is 61.2 Å². The van der Waals surface area contributed by atoms with Crippen LogP contribution in [-0.4, -0.2) is 58.3 Å². The highest BCUT2D eigenvalue weighted by Gasteiger charge is 2.32. The van der Waals surface area contributed by atoms with Crippen LogP contribution in [0.5, 0.6) is 11.5 Å². The van der Waals surface area contributed by atoms with Crippen molar-refractivity contribution in [1.82, 2.24) is 25.5 Å². The fourth-order valence-electron chi connectivity index (χ4n) is 4.76. The smallest absolute Gasteiger partial charge is 0.251 e. The quantitative estimate of drug-likeness (QED) is 0.448. The number of methoxy groups -OCH3 is 2. The number of anilines is 1. The minimum Gasteiger partial charge on any atom is -0.493 e. The highest BCUT2D eigenvalue weighted by molar-refractivity contribution is 6.01. The lowest BCUT2D eigenvalue weighted by atomic mass is 10.1. The van der Waals surface area contributed by atoms with E-state index < -0.39 is 6.04 Å². The summed E-state index contributed by atoms with van der Waals surface area (Å²) in [6, 6.07) is 12.4. The van der Waals surface area contributed by atoms with Gasteiger partial charge in [-0.25, -0.2) is 0 Å². The van der Waals surface area contributed by atoms with E-state index in [9.17, 15) is 9.59 Å². The average molecular weight is 507 g/mol. The van der Waals surface area contributed by atoms with Gasteiger partial charge in [0.1, 0.15) is 12.6 Å². The van der Waals surface area contributed by atoms with E-state index in [2.05, 4.69) is 20.7 Å². The van der Waals surface area contributed by atoms with Crippen molar-refractivity contribution in [3.63, 3.8) is 0 Å². The van der Waals surface area contributed by atoms with Gasteiger partial charge >= 0.3 is 0 Å². The van der Waals surface area contributed by atoms with Crippen LogP contribution in [-0.2, 0) is 16.1 Å². The molecule has 1 N–H and O–H groups in total. The topological polar surface area (TPSA) is 111 Å². The van der Waals surface area contributed by atoms with Crippen molar-refractivity contribution < 1.29 is 19.1 Å². The molecule has 2 aromatic carbocycles. The third-order valence-electron chi connectivity index (χ3n) is 6.72. The van der Waals surface area contributed by atoms with Crippen molar-refractivity contribution in [3.8, 4) is 22.9 Å². The highest BCUT2D eigenvalue weighted by atomic mass is 16.5. The Morgan fingerprint density at radius 2 is 1.84 bits per heavy atom. The fraction of sp³-hybridized carbons (Fsp3) is 0.444. The van der Waals surface area contributed by atoms with Gasteiger partial charge in [-0.3, -0.25) is 14.5 Å². The molecule has 10 nitrogen and oxygen atoms in total. The number of para-hydroxylation sites is 1. The van der Waals surface area contributed by atoms with Gasteiger partial charge in [-0.15, -0.1) is 10.2 Å². The molecule has 1 saturated carbocycles. The van der Waals surface area contributed by atoms with Crippen LogP contribution in [0.1, 0.15) is 44.6 Å². The van der Waals surface area contributed by atoms with Gasteiger partial charge in [0.2, 0.25) is 11.7 Å². The number of aryl methyl sites for hydroxylation is 1. The molecule has 0 radical (unpaired) electrons. The van der Waals surface area contributed by atoms with Crippen molar-refractivity contribution >= 4 is 17.5 Å². The average Bonchev–Trinajstić information content (AvgIpc) is 3.59. The zero-order chi connectivity index (χ0) is 26.4. The Bertz CT molecular complexity index is 1240. The first kappa shape index (κ1) is 26.1. The second-order valence-corrected chi connectivity index (χ2v) is 9.18. The first-order valence-corrected chi connectivity index (χ1v) is 12.6. The third-order valence-corrected chi connectivity index (χ3v) is 6.72. The molecule has 10 heteroatoms. The molecular formula is C27H34N6O4. The number of nitrogens with zero attached hydrogens (tertiary/aromatic N) is 5. The number of benzene rings is 2. The van der Waals surface area contributed by atoms with Crippen LogP contribution in [0.15, 0.2) is 42.5 Å². The lowest BCUT2D eigenvalue weighted by Gasteiger charge is -2.32. The molecule has 1 fully saturated rings. The number of aromatic nitrogens is 4. The maximum atomic E-state index is 13.7. The molecule has 0 aliphatic heterocycles. The van der Waals surface area contributed by atoms with E-state index in [0.29, 0.717) is 35.0 Å². The predicted molar refractivity (Wildman–Crippen MR) is 139 cm³/mol. The summed E-state index contributed by atoms with van der Waals surface area (Å²) in [6.45, 7) is 3.68. The number of nitrogens with one attached hydrogen (secondary N) is 1. The third kappa shape index (κ3) is 5.90. The van der Waals surface area contributed by atoms with E-state index in [-0.39, 0.29) is 24.4 Å². The standard InChI is InChI=1S/C27H34N6O4/c1-5-21(27(35)28-20-11-7-8-12-20)33(22-13-9-6-10-18(22)2)25(34)17-32-30-26(29-31-32)19-14-15-23(36-3)24(16-19)37-4/h6,9-10,13-16,20-21H,5,7-8,11-12,17H2,1-4H3,(H,28,35). The van der Waals surface area contributed by atoms with Crippen LogP contribution in [0.2, 0.25) is 0 Å². The lowest BCUT2D eigenvalue weighted by Crippen LogP contribution is -2.52. The van der Waals surface area contributed by atoms with Crippen LogP contribution in [0.4, 0.5) is 5.69 Å². The first-order valence-electron chi connectivity index (χ1n) is 12.6. The lowest BCUT2D eigenvalue weighted by molar-refractivity contribution is -0.127. The summed E-state index contributed by atoms with van der Waals surface area (Å²) in [5.41, 5.74) is 2.27. The number of amides is 2. The van der Waals surface area contributed by atoms with Crippen molar-refractivity contribution in [2.45, 2.75) is 64.6 Å². The summed E-state index contributed by atoms with van der Waals surface area (Å²) in [4.78, 5) is 29.9. The van der Waals surface area contributed by atoms with Crippen LogP contribution in [0.3, 0.4) is 0 Å². The molecule has 4 rings (SSSR count). The van der Waals surface area contributed by atoms with E-state index in [4.69, 9.17) is 9.47 Å². The van der Waals surface area contributed by atoms with Gasteiger partial charge in [-0.1, -0.05) is 38.0 Å². The largest absolute Gasteiger partial charge is 0.493 e. The summed E-state index contributed by atoms with van der Waals surface area (Å²) < 4.78 is 10.7. The van der Waals surface area contributed by atoms with E-state index >= 15 is 0 Å². The molecule has 2 amide bonds. The number of tetrazole rings is 1. The van der Waals surface area contributed by atoms with Gasteiger partial charge in [-0.2, -0.15) is 4.80 Å². The molecule has 1 aliphatic carbocycles.